The number of hydrogen-bond acceptors (Lipinski definition) is 4. The first-order chi connectivity index (χ1) is 8.67. The second-order valence-corrected chi connectivity index (χ2v) is 5.02. The monoisotopic (exact) mass is 256 g/mol. The van der Waals surface area contributed by atoms with Gasteiger partial charge in [-0.05, 0) is 45.9 Å². The molecule has 18 heavy (non-hydrogen) atoms. The summed E-state index contributed by atoms with van der Waals surface area (Å²) in [4.78, 5) is 18.4. The Morgan fingerprint density at radius 3 is 2.56 bits per heavy atom. The minimum absolute atomic E-state index is 0.230. The topological polar surface area (TPSA) is 52.8 Å². The van der Waals surface area contributed by atoms with Gasteiger partial charge in [-0.25, -0.2) is 0 Å². The number of likely N-dealkylation sites (N-methyl/N-ethyl adjacent to an activating group) is 1. The van der Waals surface area contributed by atoms with Gasteiger partial charge in [-0.1, -0.05) is 0 Å². The van der Waals surface area contributed by atoms with E-state index in [-0.39, 0.29) is 5.91 Å². The summed E-state index contributed by atoms with van der Waals surface area (Å²) in [7, 11) is 1.87. The van der Waals surface area contributed by atoms with E-state index in [4.69, 9.17) is 5.73 Å². The molecule has 0 aliphatic carbocycles. The van der Waals surface area contributed by atoms with Crippen molar-refractivity contribution in [3.8, 4) is 0 Å². The molecule has 0 aromatic heterocycles. The molecule has 0 spiro atoms. The first-order valence-corrected chi connectivity index (χ1v) is 7.06. The van der Waals surface area contributed by atoms with Crippen LogP contribution in [0, 0.1) is 0 Å². The molecule has 106 valence electrons. The van der Waals surface area contributed by atoms with E-state index in [0.29, 0.717) is 6.54 Å². The van der Waals surface area contributed by atoms with E-state index in [2.05, 4.69) is 9.80 Å². The lowest BCUT2D eigenvalue weighted by Crippen LogP contribution is -2.40. The van der Waals surface area contributed by atoms with Crippen LogP contribution >= 0.6 is 0 Å². The van der Waals surface area contributed by atoms with Gasteiger partial charge in [-0.3, -0.25) is 9.69 Å². The van der Waals surface area contributed by atoms with Gasteiger partial charge in [0.15, 0.2) is 0 Å². The van der Waals surface area contributed by atoms with Crippen LogP contribution in [0.2, 0.25) is 0 Å². The highest BCUT2D eigenvalue weighted by Crippen LogP contribution is 2.04. The molecule has 1 saturated heterocycles. The number of nitrogens with zero attached hydrogens (tertiary/aromatic N) is 3. The third-order valence-electron chi connectivity index (χ3n) is 3.62. The van der Waals surface area contributed by atoms with E-state index in [1.54, 1.807) is 4.90 Å². The van der Waals surface area contributed by atoms with E-state index in [9.17, 15) is 4.79 Å². The molecule has 0 unspecified atom stereocenters. The summed E-state index contributed by atoms with van der Waals surface area (Å²) in [6.07, 6.45) is 2.21. The largest absolute Gasteiger partial charge is 0.345 e. The Hall–Kier alpha value is -0.650. The Morgan fingerprint density at radius 2 is 1.89 bits per heavy atom. The van der Waals surface area contributed by atoms with Crippen molar-refractivity contribution >= 4 is 5.91 Å². The summed E-state index contributed by atoms with van der Waals surface area (Å²) in [6.45, 7) is 9.43. The maximum absolute atomic E-state index is 11.9. The Morgan fingerprint density at radius 1 is 1.22 bits per heavy atom. The van der Waals surface area contributed by atoms with Gasteiger partial charge in [-0.2, -0.15) is 0 Å². The number of nitrogens with two attached hydrogens (primary N) is 1. The van der Waals surface area contributed by atoms with Crippen molar-refractivity contribution in [1.82, 2.24) is 14.7 Å². The molecule has 0 radical (unpaired) electrons. The van der Waals surface area contributed by atoms with Gasteiger partial charge < -0.3 is 15.5 Å². The molecule has 1 aliphatic rings. The normalized spacial score (nSPS) is 18.6. The van der Waals surface area contributed by atoms with Gasteiger partial charge >= 0.3 is 0 Å². The van der Waals surface area contributed by atoms with Crippen molar-refractivity contribution < 1.29 is 4.79 Å². The average Bonchev–Trinajstić information content (AvgIpc) is 2.60. The molecule has 2 N–H and O–H groups in total. The SMILES string of the molecule is CCN(C)C(=O)CN1CCCN(CCCN)CC1. The van der Waals surface area contributed by atoms with Gasteiger partial charge in [0, 0.05) is 26.7 Å². The quantitative estimate of drug-likeness (QED) is 0.716. The van der Waals surface area contributed by atoms with Crippen LogP contribution in [0.25, 0.3) is 0 Å². The Balaban J connectivity index is 2.30. The van der Waals surface area contributed by atoms with Crippen molar-refractivity contribution in [1.29, 1.82) is 0 Å². The molecule has 0 saturated carbocycles. The number of carbonyl (C=O) groups is 1. The fourth-order valence-corrected chi connectivity index (χ4v) is 2.21. The third kappa shape index (κ3) is 5.33. The highest BCUT2D eigenvalue weighted by Gasteiger charge is 2.17. The average molecular weight is 256 g/mol. The lowest BCUT2D eigenvalue weighted by molar-refractivity contribution is -0.130. The van der Waals surface area contributed by atoms with Crippen LogP contribution in [-0.2, 0) is 4.79 Å². The maximum Gasteiger partial charge on any atom is 0.236 e. The van der Waals surface area contributed by atoms with Gasteiger partial charge in [0.05, 0.1) is 6.54 Å². The molecule has 0 aromatic rings. The fraction of sp³-hybridized carbons (Fsp3) is 0.923. The van der Waals surface area contributed by atoms with Gasteiger partial charge in [0.1, 0.15) is 0 Å². The zero-order chi connectivity index (χ0) is 13.4. The predicted octanol–water partition coefficient (Wildman–Crippen LogP) is -0.179. The first kappa shape index (κ1) is 15.4. The molecule has 0 aromatic carbocycles. The summed E-state index contributed by atoms with van der Waals surface area (Å²) in [6, 6.07) is 0. The summed E-state index contributed by atoms with van der Waals surface area (Å²) in [5.74, 6) is 0.230. The second kappa shape index (κ2) is 8.45. The number of rotatable bonds is 6. The molecule has 5 heteroatoms. The van der Waals surface area contributed by atoms with E-state index in [0.717, 1.165) is 58.7 Å². The van der Waals surface area contributed by atoms with Crippen LogP contribution < -0.4 is 5.73 Å². The third-order valence-corrected chi connectivity index (χ3v) is 3.62. The minimum atomic E-state index is 0.230. The number of amides is 1. The smallest absolute Gasteiger partial charge is 0.236 e. The summed E-state index contributed by atoms with van der Waals surface area (Å²) in [5.41, 5.74) is 5.54. The molecule has 1 fully saturated rings. The van der Waals surface area contributed by atoms with Crippen LogP contribution in [-0.4, -0.2) is 80.0 Å². The summed E-state index contributed by atoms with van der Waals surface area (Å²) < 4.78 is 0. The van der Waals surface area contributed by atoms with E-state index in [1.807, 2.05) is 14.0 Å². The van der Waals surface area contributed by atoms with E-state index in [1.165, 1.54) is 0 Å². The van der Waals surface area contributed by atoms with Crippen LogP contribution in [0.15, 0.2) is 0 Å². The highest BCUT2D eigenvalue weighted by atomic mass is 16.2. The van der Waals surface area contributed by atoms with Crippen LogP contribution in [0.5, 0.6) is 0 Å². The standard InChI is InChI=1S/C13H28N4O/c1-3-15(2)13(18)12-17-9-5-8-16(10-11-17)7-4-6-14/h3-12,14H2,1-2H3. The second-order valence-electron chi connectivity index (χ2n) is 5.02. The van der Waals surface area contributed by atoms with Crippen molar-refractivity contribution in [3.63, 3.8) is 0 Å². The number of hydrogen-bond donors (Lipinski definition) is 1. The molecule has 1 aliphatic heterocycles. The molecule has 1 heterocycles. The molecule has 5 nitrogen and oxygen atoms in total. The van der Waals surface area contributed by atoms with Crippen molar-refractivity contribution in [3.05, 3.63) is 0 Å². The summed E-state index contributed by atoms with van der Waals surface area (Å²) >= 11 is 0. The predicted molar refractivity (Wildman–Crippen MR) is 74.5 cm³/mol. The maximum atomic E-state index is 11.9. The van der Waals surface area contributed by atoms with Crippen molar-refractivity contribution in [2.75, 3.05) is 59.4 Å². The molecule has 0 atom stereocenters. The van der Waals surface area contributed by atoms with E-state index >= 15 is 0 Å². The van der Waals surface area contributed by atoms with Crippen molar-refractivity contribution in [2.45, 2.75) is 19.8 Å². The number of carbonyl (C=O) groups excluding carboxylic acids is 1. The van der Waals surface area contributed by atoms with Crippen molar-refractivity contribution in [2.24, 2.45) is 5.73 Å². The Labute approximate surface area is 111 Å². The van der Waals surface area contributed by atoms with Gasteiger partial charge in [-0.15, -0.1) is 0 Å². The van der Waals surface area contributed by atoms with Crippen LogP contribution in [0.4, 0.5) is 0 Å². The Kier molecular flexibility index (Phi) is 7.23. The highest BCUT2D eigenvalue weighted by molar-refractivity contribution is 5.77. The molecule has 0 bridgehead atoms. The minimum Gasteiger partial charge on any atom is -0.345 e. The van der Waals surface area contributed by atoms with E-state index < -0.39 is 0 Å². The van der Waals surface area contributed by atoms with Gasteiger partial charge in [0.25, 0.3) is 0 Å². The molecular weight excluding hydrogens is 228 g/mol. The fourth-order valence-electron chi connectivity index (χ4n) is 2.21. The summed E-state index contributed by atoms with van der Waals surface area (Å²) in [5, 5.41) is 0. The molecule has 1 rings (SSSR count). The lowest BCUT2D eigenvalue weighted by atomic mass is 10.3. The van der Waals surface area contributed by atoms with Gasteiger partial charge in [0.2, 0.25) is 5.91 Å². The van der Waals surface area contributed by atoms with Crippen LogP contribution in [0.1, 0.15) is 19.8 Å². The molecule has 1 amide bonds. The first-order valence-electron chi connectivity index (χ1n) is 7.06. The molecular formula is C13H28N4O. The van der Waals surface area contributed by atoms with Crippen LogP contribution in [0.3, 0.4) is 0 Å². The zero-order valence-electron chi connectivity index (χ0n) is 11.9. The lowest BCUT2D eigenvalue weighted by Gasteiger charge is -2.23. The Bertz CT molecular complexity index is 247. The zero-order valence-corrected chi connectivity index (χ0v) is 11.9.